The quantitative estimate of drug-likeness (QED) is 0.845. The summed E-state index contributed by atoms with van der Waals surface area (Å²) in [5.41, 5.74) is 4.19. The van der Waals surface area contributed by atoms with Crippen LogP contribution in [0.25, 0.3) is 0 Å². The fourth-order valence-corrected chi connectivity index (χ4v) is 1.33. The minimum Gasteiger partial charge on any atom is -0.496 e. The summed E-state index contributed by atoms with van der Waals surface area (Å²) in [4.78, 5) is 0. The van der Waals surface area contributed by atoms with Crippen LogP contribution in [0.1, 0.15) is 16.7 Å². The second-order valence-electron chi connectivity index (χ2n) is 3.03. The van der Waals surface area contributed by atoms with Crippen LogP contribution in [-0.4, -0.2) is 7.11 Å². The summed E-state index contributed by atoms with van der Waals surface area (Å²) in [6, 6.07) is 3.80. The second kappa shape index (κ2) is 4.41. The Labute approximate surface area is 90.2 Å². The molecule has 0 heterocycles. The molecular formula is C10H9F3N2O. The molecule has 0 saturated heterocycles. The monoisotopic (exact) mass is 230 g/mol. The van der Waals surface area contributed by atoms with E-state index in [-0.39, 0.29) is 12.3 Å². The minimum absolute atomic E-state index is 0.0448. The summed E-state index contributed by atoms with van der Waals surface area (Å²) < 4.78 is 42.6. The average molecular weight is 230 g/mol. The third-order valence-corrected chi connectivity index (χ3v) is 2.02. The molecule has 0 aliphatic rings. The smallest absolute Gasteiger partial charge is 0.421 e. The Morgan fingerprint density at radius 3 is 2.44 bits per heavy atom. The van der Waals surface area contributed by atoms with Gasteiger partial charge in [0, 0.05) is 6.54 Å². The number of hydrogen-bond acceptors (Lipinski definition) is 3. The molecule has 16 heavy (non-hydrogen) atoms. The van der Waals surface area contributed by atoms with Crippen LogP contribution >= 0.6 is 0 Å². The van der Waals surface area contributed by atoms with Crippen LogP contribution in [-0.2, 0) is 12.7 Å². The topological polar surface area (TPSA) is 59.0 Å². The lowest BCUT2D eigenvalue weighted by Gasteiger charge is -2.14. The summed E-state index contributed by atoms with van der Waals surface area (Å²) in [5.74, 6) is -0.382. The van der Waals surface area contributed by atoms with Gasteiger partial charge in [-0.3, -0.25) is 0 Å². The van der Waals surface area contributed by atoms with E-state index in [9.17, 15) is 13.2 Å². The predicted molar refractivity (Wildman–Crippen MR) is 50.6 cm³/mol. The number of halogens is 3. The van der Waals surface area contributed by atoms with Crippen LogP contribution in [0.15, 0.2) is 12.1 Å². The highest BCUT2D eigenvalue weighted by Crippen LogP contribution is 2.39. The molecule has 1 rings (SSSR count). The van der Waals surface area contributed by atoms with Gasteiger partial charge in [-0.2, -0.15) is 18.4 Å². The first kappa shape index (κ1) is 12.3. The van der Waals surface area contributed by atoms with Gasteiger partial charge in [-0.25, -0.2) is 0 Å². The van der Waals surface area contributed by atoms with Crippen molar-refractivity contribution in [2.75, 3.05) is 7.11 Å². The Morgan fingerprint density at radius 1 is 1.44 bits per heavy atom. The molecule has 0 bridgehead atoms. The molecule has 2 N–H and O–H groups in total. The largest absolute Gasteiger partial charge is 0.496 e. The van der Waals surface area contributed by atoms with Crippen molar-refractivity contribution < 1.29 is 17.9 Å². The van der Waals surface area contributed by atoms with E-state index in [0.29, 0.717) is 5.56 Å². The van der Waals surface area contributed by atoms with Gasteiger partial charge in [0.15, 0.2) is 0 Å². The Kier molecular flexibility index (Phi) is 3.40. The third-order valence-electron chi connectivity index (χ3n) is 2.02. The fraction of sp³-hybridized carbons (Fsp3) is 0.300. The number of rotatable bonds is 2. The van der Waals surface area contributed by atoms with Gasteiger partial charge in [0.1, 0.15) is 11.3 Å². The number of ether oxygens (including phenoxy) is 1. The maximum atomic E-state index is 12.7. The lowest BCUT2D eigenvalue weighted by atomic mass is 10.0. The highest BCUT2D eigenvalue weighted by Gasteiger charge is 2.37. The SMILES string of the molecule is COc1cc(CN)cc(C#N)c1C(F)(F)F. The van der Waals surface area contributed by atoms with Crippen LogP contribution in [0.4, 0.5) is 13.2 Å². The van der Waals surface area contributed by atoms with E-state index in [1.54, 1.807) is 0 Å². The molecule has 1 aromatic carbocycles. The second-order valence-corrected chi connectivity index (χ2v) is 3.03. The van der Waals surface area contributed by atoms with E-state index in [2.05, 4.69) is 4.74 Å². The van der Waals surface area contributed by atoms with Crippen molar-refractivity contribution in [1.82, 2.24) is 0 Å². The number of methoxy groups -OCH3 is 1. The molecule has 0 atom stereocenters. The lowest BCUT2D eigenvalue weighted by molar-refractivity contribution is -0.138. The van der Waals surface area contributed by atoms with Crippen LogP contribution in [0.3, 0.4) is 0 Å². The standard InChI is InChI=1S/C10H9F3N2O/c1-16-8-3-6(4-14)2-7(5-15)9(8)10(11,12)13/h2-3H,4,14H2,1H3. The molecule has 86 valence electrons. The van der Waals surface area contributed by atoms with Crippen LogP contribution < -0.4 is 10.5 Å². The van der Waals surface area contributed by atoms with Crippen molar-refractivity contribution in [3.05, 3.63) is 28.8 Å². The van der Waals surface area contributed by atoms with E-state index in [1.165, 1.54) is 12.1 Å². The third kappa shape index (κ3) is 2.25. The van der Waals surface area contributed by atoms with Crippen LogP contribution in [0, 0.1) is 11.3 Å². The molecule has 3 nitrogen and oxygen atoms in total. The van der Waals surface area contributed by atoms with Crippen LogP contribution in [0.5, 0.6) is 5.75 Å². The Balaban J connectivity index is 3.52. The number of nitrogens with two attached hydrogens (primary N) is 1. The molecule has 0 aromatic heterocycles. The number of alkyl halides is 3. The zero-order valence-corrected chi connectivity index (χ0v) is 8.43. The molecule has 1 aromatic rings. The van der Waals surface area contributed by atoms with Gasteiger partial charge in [0.05, 0.1) is 18.7 Å². The molecule has 0 aliphatic carbocycles. The maximum Gasteiger partial charge on any atom is 0.421 e. The Hall–Kier alpha value is -1.74. The summed E-state index contributed by atoms with van der Waals surface area (Å²) >= 11 is 0. The molecule has 0 spiro atoms. The highest BCUT2D eigenvalue weighted by molar-refractivity contribution is 5.51. The number of nitriles is 1. The molecule has 0 aliphatic heterocycles. The van der Waals surface area contributed by atoms with Crippen LogP contribution in [0.2, 0.25) is 0 Å². The van der Waals surface area contributed by atoms with E-state index in [1.807, 2.05) is 0 Å². The first-order chi connectivity index (χ1) is 7.43. The molecule has 0 saturated carbocycles. The van der Waals surface area contributed by atoms with Crippen molar-refractivity contribution in [2.24, 2.45) is 5.73 Å². The van der Waals surface area contributed by atoms with Gasteiger partial charge in [0.25, 0.3) is 0 Å². The lowest BCUT2D eigenvalue weighted by Crippen LogP contribution is -2.11. The predicted octanol–water partition coefficient (Wildman–Crippen LogP) is 2.04. The van der Waals surface area contributed by atoms with E-state index in [4.69, 9.17) is 11.0 Å². The normalized spacial score (nSPS) is 11.0. The van der Waals surface area contributed by atoms with Gasteiger partial charge in [-0.05, 0) is 17.7 Å². The van der Waals surface area contributed by atoms with Gasteiger partial charge in [-0.15, -0.1) is 0 Å². The summed E-state index contributed by atoms with van der Waals surface area (Å²) in [6.45, 7) is 0.0448. The summed E-state index contributed by atoms with van der Waals surface area (Å²) in [6.07, 6.45) is -4.62. The van der Waals surface area contributed by atoms with E-state index in [0.717, 1.165) is 13.2 Å². The molecule has 0 amide bonds. The van der Waals surface area contributed by atoms with Gasteiger partial charge >= 0.3 is 6.18 Å². The number of nitrogens with zero attached hydrogens (tertiary/aromatic N) is 1. The van der Waals surface area contributed by atoms with Crippen molar-refractivity contribution >= 4 is 0 Å². The van der Waals surface area contributed by atoms with Gasteiger partial charge in [-0.1, -0.05) is 0 Å². The van der Waals surface area contributed by atoms with Gasteiger partial charge < -0.3 is 10.5 Å². The molecule has 0 fully saturated rings. The van der Waals surface area contributed by atoms with E-state index >= 15 is 0 Å². The number of hydrogen-bond donors (Lipinski definition) is 1. The fourth-order valence-electron chi connectivity index (χ4n) is 1.33. The molecular weight excluding hydrogens is 221 g/mol. The Morgan fingerprint density at radius 2 is 2.06 bits per heavy atom. The average Bonchev–Trinajstić information content (AvgIpc) is 2.25. The number of benzene rings is 1. The summed E-state index contributed by atoms with van der Waals surface area (Å²) in [7, 11) is 1.12. The molecule has 0 unspecified atom stereocenters. The molecule has 6 heteroatoms. The van der Waals surface area contributed by atoms with Crippen molar-refractivity contribution in [2.45, 2.75) is 12.7 Å². The van der Waals surface area contributed by atoms with Crippen molar-refractivity contribution in [1.29, 1.82) is 5.26 Å². The van der Waals surface area contributed by atoms with E-state index < -0.39 is 17.3 Å². The van der Waals surface area contributed by atoms with Crippen molar-refractivity contribution in [3.8, 4) is 11.8 Å². The van der Waals surface area contributed by atoms with Crippen molar-refractivity contribution in [3.63, 3.8) is 0 Å². The first-order valence-corrected chi connectivity index (χ1v) is 4.32. The highest BCUT2D eigenvalue weighted by atomic mass is 19.4. The molecule has 0 radical (unpaired) electrons. The maximum absolute atomic E-state index is 12.7. The summed E-state index contributed by atoms with van der Waals surface area (Å²) in [5, 5.41) is 8.68. The zero-order chi connectivity index (χ0) is 12.3. The Bertz CT molecular complexity index is 435. The van der Waals surface area contributed by atoms with Gasteiger partial charge in [0.2, 0.25) is 0 Å². The first-order valence-electron chi connectivity index (χ1n) is 4.32. The zero-order valence-electron chi connectivity index (χ0n) is 8.43. The minimum atomic E-state index is -4.62.